The van der Waals surface area contributed by atoms with Gasteiger partial charge in [0.1, 0.15) is 0 Å². The maximum atomic E-state index is 2.55. The summed E-state index contributed by atoms with van der Waals surface area (Å²) in [5.41, 5.74) is 4.91. The molecule has 3 aromatic rings. The molecule has 0 bridgehead atoms. The van der Waals surface area contributed by atoms with Gasteiger partial charge in [0.05, 0.1) is 0 Å². The van der Waals surface area contributed by atoms with Crippen molar-refractivity contribution in [1.82, 2.24) is 4.90 Å². The zero-order chi connectivity index (χ0) is 21.1. The first-order chi connectivity index (χ1) is 13.5. The Hall–Kier alpha value is -0.784. The van der Waals surface area contributed by atoms with Crippen LogP contribution in [0.5, 0.6) is 0 Å². The molecule has 1 aliphatic heterocycles. The standard InChI is InChI=1S/C17H28N.C8H4S2.Ga/c1-16(2,3)14-9-13(12-18(7)8)10-15(11-14)17(4,5)6;1-3-7(9-5-1)8-4-2-6-10-8;/h9,11H,12H2,1-8H3;1-2,5-6H;. The molecule has 0 aliphatic carbocycles. The summed E-state index contributed by atoms with van der Waals surface area (Å²) in [5.74, 6) is 0. The second-order valence-electron chi connectivity index (χ2n) is 10.7. The van der Waals surface area contributed by atoms with Crippen molar-refractivity contribution in [3.63, 3.8) is 0 Å². The van der Waals surface area contributed by atoms with Crippen LogP contribution in [0, 0.1) is 0 Å². The van der Waals surface area contributed by atoms with Gasteiger partial charge in [-0.05, 0) is 0 Å². The Labute approximate surface area is 189 Å². The van der Waals surface area contributed by atoms with E-state index < -0.39 is 16.2 Å². The SMILES string of the molecule is CN(C)Cc1cc(C(C)(C)C)cc(C(C)(C)C)[c]1[Ga]1[c]2ccsc2-c2scc[c]21. The van der Waals surface area contributed by atoms with E-state index in [1.807, 2.05) is 22.7 Å². The van der Waals surface area contributed by atoms with Crippen molar-refractivity contribution in [2.24, 2.45) is 0 Å². The molecule has 2 aromatic heterocycles. The third-order valence-electron chi connectivity index (χ3n) is 5.93. The van der Waals surface area contributed by atoms with Gasteiger partial charge in [-0.25, -0.2) is 0 Å². The van der Waals surface area contributed by atoms with Crippen LogP contribution in [0.4, 0.5) is 0 Å². The molecule has 0 spiro atoms. The summed E-state index contributed by atoms with van der Waals surface area (Å²) in [7, 11) is 4.41. The van der Waals surface area contributed by atoms with Crippen LogP contribution in [-0.4, -0.2) is 35.2 Å². The molecule has 0 atom stereocenters. The number of nitrogens with zero attached hydrogens (tertiary/aromatic N) is 1. The maximum absolute atomic E-state index is 2.55. The summed E-state index contributed by atoms with van der Waals surface area (Å²) >= 11 is 1.80. The van der Waals surface area contributed by atoms with Gasteiger partial charge in [-0.15, -0.1) is 0 Å². The fraction of sp³-hybridized carbons (Fsp3) is 0.440. The first kappa shape index (κ1) is 21.4. The van der Waals surface area contributed by atoms with Crippen molar-refractivity contribution in [2.45, 2.75) is 58.9 Å². The second kappa shape index (κ2) is 7.42. The molecule has 0 saturated heterocycles. The van der Waals surface area contributed by atoms with Crippen molar-refractivity contribution in [3.8, 4) is 9.75 Å². The van der Waals surface area contributed by atoms with E-state index in [1.165, 1.54) is 5.56 Å². The minimum absolute atomic E-state index is 0.137. The molecule has 4 rings (SSSR count). The number of hydrogen-bond donors (Lipinski definition) is 0. The number of thiophene rings is 2. The van der Waals surface area contributed by atoms with Crippen LogP contribution >= 0.6 is 22.7 Å². The van der Waals surface area contributed by atoms with Crippen LogP contribution in [0.15, 0.2) is 35.0 Å². The van der Waals surface area contributed by atoms with Gasteiger partial charge >= 0.3 is 191 Å². The van der Waals surface area contributed by atoms with Crippen molar-refractivity contribution >= 4 is 51.2 Å². The average molecular weight is 480 g/mol. The van der Waals surface area contributed by atoms with E-state index in [4.69, 9.17) is 0 Å². The predicted octanol–water partition coefficient (Wildman–Crippen LogP) is 4.96. The van der Waals surface area contributed by atoms with Gasteiger partial charge in [-0.3, -0.25) is 0 Å². The van der Waals surface area contributed by atoms with Crippen LogP contribution in [0.3, 0.4) is 0 Å². The monoisotopic (exact) mass is 479 g/mol. The number of fused-ring (bicyclic) bond motifs is 3. The Bertz CT molecular complexity index is 1000. The summed E-state index contributed by atoms with van der Waals surface area (Å²) in [6, 6.07) is 9.98. The third-order valence-corrected chi connectivity index (χ3v) is 16.1. The number of hydrogen-bond acceptors (Lipinski definition) is 3. The van der Waals surface area contributed by atoms with E-state index in [0.29, 0.717) is 0 Å². The molecule has 1 aliphatic rings. The predicted molar refractivity (Wildman–Crippen MR) is 134 cm³/mol. The van der Waals surface area contributed by atoms with Crippen LogP contribution < -0.4 is 12.4 Å². The molecular formula is C25H32GaNS2. The molecule has 0 amide bonds. The first-order valence-electron chi connectivity index (χ1n) is 10.5. The Morgan fingerprint density at radius 1 is 0.828 bits per heavy atom. The quantitative estimate of drug-likeness (QED) is 0.375. The van der Waals surface area contributed by atoms with Gasteiger partial charge in [0.15, 0.2) is 0 Å². The molecule has 0 radical (unpaired) electrons. The number of rotatable bonds is 3. The van der Waals surface area contributed by atoms with Gasteiger partial charge < -0.3 is 0 Å². The van der Waals surface area contributed by atoms with Crippen LogP contribution in [0.2, 0.25) is 0 Å². The minimum atomic E-state index is -2.09. The second-order valence-corrected chi connectivity index (χ2v) is 18.1. The Balaban J connectivity index is 2.05. The molecular weight excluding hydrogens is 448 g/mol. The summed E-state index contributed by atoms with van der Waals surface area (Å²) in [6.45, 7) is 15.3. The summed E-state index contributed by atoms with van der Waals surface area (Å²) in [5, 5.41) is 4.63. The molecule has 152 valence electrons. The van der Waals surface area contributed by atoms with E-state index in [0.717, 1.165) is 6.54 Å². The van der Waals surface area contributed by atoms with Gasteiger partial charge in [0.25, 0.3) is 0 Å². The molecule has 4 heteroatoms. The van der Waals surface area contributed by atoms with Crippen LogP contribution in [0.25, 0.3) is 9.75 Å². The van der Waals surface area contributed by atoms with E-state index in [-0.39, 0.29) is 10.8 Å². The third kappa shape index (κ3) is 3.83. The van der Waals surface area contributed by atoms with E-state index in [2.05, 4.69) is 95.6 Å². The van der Waals surface area contributed by atoms with Crippen molar-refractivity contribution < 1.29 is 0 Å². The normalized spacial score (nSPS) is 13.9. The van der Waals surface area contributed by atoms with Crippen molar-refractivity contribution in [1.29, 1.82) is 0 Å². The summed E-state index contributed by atoms with van der Waals surface area (Å²) < 4.78 is 5.11. The fourth-order valence-corrected chi connectivity index (χ4v) is 17.3. The first-order valence-corrected chi connectivity index (χ1v) is 15.9. The molecule has 0 unspecified atom stereocenters. The van der Waals surface area contributed by atoms with E-state index in [9.17, 15) is 0 Å². The molecule has 0 saturated carbocycles. The van der Waals surface area contributed by atoms with Gasteiger partial charge in [-0.2, -0.15) is 0 Å². The Kier molecular flexibility index (Phi) is 5.49. The van der Waals surface area contributed by atoms with Crippen molar-refractivity contribution in [2.75, 3.05) is 14.1 Å². The topological polar surface area (TPSA) is 3.24 Å². The molecule has 0 fully saturated rings. The van der Waals surface area contributed by atoms with E-state index in [1.54, 1.807) is 33.2 Å². The zero-order valence-electron chi connectivity index (χ0n) is 19.0. The Morgan fingerprint density at radius 2 is 1.38 bits per heavy atom. The Morgan fingerprint density at radius 3 is 1.83 bits per heavy atom. The fourth-order valence-electron chi connectivity index (χ4n) is 4.52. The van der Waals surface area contributed by atoms with Crippen molar-refractivity contribution in [3.05, 3.63) is 51.7 Å². The van der Waals surface area contributed by atoms with Crippen LogP contribution in [-0.2, 0) is 17.4 Å². The van der Waals surface area contributed by atoms with Gasteiger partial charge in [0.2, 0.25) is 0 Å². The zero-order valence-corrected chi connectivity index (χ0v) is 23.1. The van der Waals surface area contributed by atoms with Gasteiger partial charge in [0, 0.05) is 0 Å². The summed E-state index contributed by atoms with van der Waals surface area (Å²) in [6.07, 6.45) is 0. The average Bonchev–Trinajstić information content (AvgIpc) is 3.26. The van der Waals surface area contributed by atoms with E-state index >= 15 is 0 Å². The van der Waals surface area contributed by atoms with Crippen LogP contribution in [0.1, 0.15) is 58.2 Å². The van der Waals surface area contributed by atoms with Gasteiger partial charge in [-0.1, -0.05) is 0 Å². The molecule has 3 heterocycles. The molecule has 1 nitrogen and oxygen atoms in total. The number of benzene rings is 1. The molecule has 0 N–H and O–H groups in total. The summed E-state index contributed by atoms with van der Waals surface area (Å²) in [4.78, 5) is 5.48. The molecule has 29 heavy (non-hydrogen) atoms. The molecule has 1 aromatic carbocycles.